The molecule has 178 valence electrons. The first-order valence-corrected chi connectivity index (χ1v) is 12.3. The topological polar surface area (TPSA) is 82.7 Å². The molecule has 1 atom stereocenters. The van der Waals surface area contributed by atoms with Crippen LogP contribution in [0.5, 0.6) is 5.75 Å². The summed E-state index contributed by atoms with van der Waals surface area (Å²) in [5.74, 6) is 0.639. The molecule has 1 unspecified atom stereocenters. The largest absolute Gasteiger partial charge is 0.497 e. The van der Waals surface area contributed by atoms with Crippen molar-refractivity contribution in [2.45, 2.75) is 25.4 Å². The average molecular weight is 479 g/mol. The second kappa shape index (κ2) is 11.7. The van der Waals surface area contributed by atoms with E-state index in [2.05, 4.69) is 33.0 Å². The quantitative estimate of drug-likeness (QED) is 0.418. The number of methoxy groups -OCH3 is 1. The zero-order valence-electron chi connectivity index (χ0n) is 19.3. The van der Waals surface area contributed by atoms with Crippen molar-refractivity contribution in [1.29, 1.82) is 0 Å². The molecule has 1 aliphatic rings. The molecule has 2 heterocycles. The summed E-state index contributed by atoms with van der Waals surface area (Å²) >= 11 is 1.60. The Morgan fingerprint density at radius 2 is 1.82 bits per heavy atom. The van der Waals surface area contributed by atoms with E-state index in [9.17, 15) is 9.59 Å². The Morgan fingerprint density at radius 1 is 1.03 bits per heavy atom. The average Bonchev–Trinajstić information content (AvgIpc) is 3.58. The minimum atomic E-state index is -0.297. The van der Waals surface area contributed by atoms with E-state index in [1.807, 2.05) is 29.6 Å². The fraction of sp³-hybridized carbons (Fsp3) is 0.308. The summed E-state index contributed by atoms with van der Waals surface area (Å²) in [6.45, 7) is 3.00. The highest BCUT2D eigenvalue weighted by atomic mass is 32.1. The van der Waals surface area contributed by atoms with Crippen LogP contribution >= 0.6 is 11.3 Å². The van der Waals surface area contributed by atoms with Crippen LogP contribution in [-0.2, 0) is 6.54 Å². The molecule has 0 saturated carbocycles. The number of nitrogens with one attached hydrogen (secondary N) is 3. The van der Waals surface area contributed by atoms with E-state index in [-0.39, 0.29) is 18.0 Å². The number of benzene rings is 2. The third-order valence-electron chi connectivity index (χ3n) is 5.92. The predicted octanol–water partition coefficient (Wildman–Crippen LogP) is 4.65. The molecule has 3 N–H and O–H groups in total. The highest BCUT2D eigenvalue weighted by molar-refractivity contribution is 7.09. The number of hydrogen-bond acceptors (Lipinski definition) is 5. The number of hydrogen-bond donors (Lipinski definition) is 3. The summed E-state index contributed by atoms with van der Waals surface area (Å²) in [7, 11) is 1.65. The highest BCUT2D eigenvalue weighted by Crippen LogP contribution is 2.26. The summed E-state index contributed by atoms with van der Waals surface area (Å²) in [4.78, 5) is 28.7. The lowest BCUT2D eigenvalue weighted by Gasteiger charge is -2.28. The molecule has 8 heteroatoms. The van der Waals surface area contributed by atoms with Crippen LogP contribution in [0.2, 0.25) is 0 Å². The van der Waals surface area contributed by atoms with Crippen LogP contribution in [0, 0.1) is 0 Å². The molecule has 1 fully saturated rings. The zero-order chi connectivity index (χ0) is 23.8. The summed E-state index contributed by atoms with van der Waals surface area (Å²) in [5.41, 5.74) is 2.22. The Hall–Kier alpha value is -3.36. The van der Waals surface area contributed by atoms with E-state index in [1.54, 1.807) is 42.7 Å². The van der Waals surface area contributed by atoms with Gasteiger partial charge in [0.25, 0.3) is 5.91 Å². The summed E-state index contributed by atoms with van der Waals surface area (Å²) in [6.07, 6.45) is 2.33. The molecule has 3 amide bonds. The molecule has 7 nitrogen and oxygen atoms in total. The van der Waals surface area contributed by atoms with Gasteiger partial charge in [-0.15, -0.1) is 11.3 Å². The lowest BCUT2D eigenvalue weighted by Crippen LogP contribution is -2.38. The molecule has 1 aliphatic heterocycles. The van der Waals surface area contributed by atoms with Crippen LogP contribution in [0.25, 0.3) is 0 Å². The lowest BCUT2D eigenvalue weighted by atomic mass is 10.1. The van der Waals surface area contributed by atoms with Gasteiger partial charge in [-0.25, -0.2) is 4.79 Å². The van der Waals surface area contributed by atoms with Crippen molar-refractivity contribution >= 4 is 29.0 Å². The van der Waals surface area contributed by atoms with Gasteiger partial charge in [0.2, 0.25) is 0 Å². The maximum absolute atomic E-state index is 12.7. The number of anilines is 1. The Labute approximate surface area is 204 Å². The Balaban J connectivity index is 1.34. The summed E-state index contributed by atoms with van der Waals surface area (Å²) in [6, 6.07) is 18.7. The molecular weight excluding hydrogens is 448 g/mol. The molecule has 4 rings (SSSR count). The number of ether oxygens (including phenoxy) is 1. The van der Waals surface area contributed by atoms with Crippen LogP contribution in [-0.4, -0.2) is 43.6 Å². The third kappa shape index (κ3) is 6.36. The lowest BCUT2D eigenvalue weighted by molar-refractivity contribution is 0.0951. The molecule has 34 heavy (non-hydrogen) atoms. The first-order valence-electron chi connectivity index (χ1n) is 11.5. The van der Waals surface area contributed by atoms with E-state index < -0.39 is 0 Å². The van der Waals surface area contributed by atoms with Gasteiger partial charge < -0.3 is 20.7 Å². The van der Waals surface area contributed by atoms with Gasteiger partial charge in [0.15, 0.2) is 0 Å². The van der Waals surface area contributed by atoms with Gasteiger partial charge in [0.05, 0.1) is 19.7 Å². The third-order valence-corrected chi connectivity index (χ3v) is 6.80. The van der Waals surface area contributed by atoms with Crippen LogP contribution in [0.3, 0.4) is 0 Å². The number of likely N-dealkylation sites (tertiary alicyclic amines) is 1. The highest BCUT2D eigenvalue weighted by Gasteiger charge is 2.24. The van der Waals surface area contributed by atoms with Crippen molar-refractivity contribution in [3.8, 4) is 5.75 Å². The van der Waals surface area contributed by atoms with Crippen molar-refractivity contribution in [1.82, 2.24) is 15.5 Å². The minimum absolute atomic E-state index is 0.0912. The van der Waals surface area contributed by atoms with Gasteiger partial charge in [-0.3, -0.25) is 9.69 Å². The standard InChI is InChI=1S/C26H30N4O3S/c1-33-22-11-9-19(10-12-22)24(30-13-2-3-14-30)18-28-26(32)29-21-7-4-6-20(16-21)25(31)27-17-23-8-5-15-34-23/h4-12,15-16,24H,2-3,13-14,17-18H2,1H3,(H,27,31)(H2,28,29,32). The van der Waals surface area contributed by atoms with Crippen molar-refractivity contribution in [3.05, 3.63) is 82.0 Å². The Bertz CT molecular complexity index is 1080. The van der Waals surface area contributed by atoms with E-state index >= 15 is 0 Å². The molecule has 2 aromatic carbocycles. The maximum atomic E-state index is 12.7. The van der Waals surface area contributed by atoms with Crippen molar-refractivity contribution < 1.29 is 14.3 Å². The van der Waals surface area contributed by atoms with Crippen LogP contribution in [0.4, 0.5) is 10.5 Å². The monoisotopic (exact) mass is 478 g/mol. The summed E-state index contributed by atoms with van der Waals surface area (Å²) in [5, 5.41) is 10.7. The molecule has 0 radical (unpaired) electrons. The number of carbonyl (C=O) groups is 2. The zero-order valence-corrected chi connectivity index (χ0v) is 20.1. The fourth-order valence-corrected chi connectivity index (χ4v) is 4.77. The van der Waals surface area contributed by atoms with Crippen molar-refractivity contribution in [3.63, 3.8) is 0 Å². The van der Waals surface area contributed by atoms with Crippen LogP contribution < -0.4 is 20.7 Å². The number of carbonyl (C=O) groups excluding carboxylic acids is 2. The SMILES string of the molecule is COc1ccc(C(CNC(=O)Nc2cccc(C(=O)NCc3cccs3)c2)N2CCCC2)cc1. The van der Waals surface area contributed by atoms with Crippen molar-refractivity contribution in [2.24, 2.45) is 0 Å². The molecule has 0 bridgehead atoms. The number of rotatable bonds is 9. The van der Waals surface area contributed by atoms with Gasteiger partial charge in [-0.1, -0.05) is 24.3 Å². The molecule has 3 aromatic rings. The maximum Gasteiger partial charge on any atom is 0.319 e. The van der Waals surface area contributed by atoms with Gasteiger partial charge in [0.1, 0.15) is 5.75 Å². The first-order chi connectivity index (χ1) is 16.6. The van der Waals surface area contributed by atoms with E-state index in [1.165, 1.54) is 12.8 Å². The predicted molar refractivity (Wildman–Crippen MR) is 135 cm³/mol. The van der Waals surface area contributed by atoms with Gasteiger partial charge in [0, 0.05) is 22.7 Å². The number of thiophene rings is 1. The van der Waals surface area contributed by atoms with Crippen molar-refractivity contribution in [2.75, 3.05) is 32.1 Å². The molecule has 1 aromatic heterocycles. The molecular formula is C26H30N4O3S. The van der Waals surface area contributed by atoms with E-state index in [4.69, 9.17) is 4.74 Å². The molecule has 1 saturated heterocycles. The Morgan fingerprint density at radius 3 is 2.53 bits per heavy atom. The first kappa shape index (κ1) is 23.8. The number of urea groups is 1. The van der Waals surface area contributed by atoms with Gasteiger partial charge in [-0.05, 0) is 73.3 Å². The number of amides is 3. The van der Waals surface area contributed by atoms with Gasteiger partial charge in [-0.2, -0.15) is 0 Å². The fourth-order valence-electron chi connectivity index (χ4n) is 4.12. The number of nitrogens with zero attached hydrogens (tertiary/aromatic N) is 1. The summed E-state index contributed by atoms with van der Waals surface area (Å²) < 4.78 is 5.28. The smallest absolute Gasteiger partial charge is 0.319 e. The molecule has 0 aliphatic carbocycles. The van der Waals surface area contributed by atoms with E-state index in [0.29, 0.717) is 24.3 Å². The second-order valence-corrected chi connectivity index (χ2v) is 9.24. The van der Waals surface area contributed by atoms with Crippen LogP contribution in [0.15, 0.2) is 66.0 Å². The van der Waals surface area contributed by atoms with E-state index in [0.717, 1.165) is 29.3 Å². The van der Waals surface area contributed by atoms with Crippen LogP contribution in [0.1, 0.15) is 39.7 Å². The second-order valence-electron chi connectivity index (χ2n) is 8.21. The molecule has 0 spiro atoms. The minimum Gasteiger partial charge on any atom is -0.497 e. The normalized spacial score (nSPS) is 14.4. The Kier molecular flexibility index (Phi) is 8.17. The van der Waals surface area contributed by atoms with Gasteiger partial charge >= 0.3 is 6.03 Å².